The molecule has 0 unspecified atom stereocenters. The van der Waals surface area contributed by atoms with Crippen molar-refractivity contribution in [2.45, 2.75) is 45.6 Å². The molecule has 0 radical (unpaired) electrons. The number of methoxy groups -OCH3 is 1. The Morgan fingerprint density at radius 2 is 1.75 bits per heavy atom. The Hall–Kier alpha value is -5.33. The van der Waals surface area contributed by atoms with Crippen LogP contribution in [0.5, 0.6) is 5.75 Å². The fraction of sp³-hybridized carbons (Fsp3) is 0.341. The number of hydrogen-bond donors (Lipinski definition) is 2. The molecule has 53 heavy (non-hydrogen) atoms. The second-order valence-electron chi connectivity index (χ2n) is 13.6. The number of fused-ring (bicyclic) bond motifs is 2. The summed E-state index contributed by atoms with van der Waals surface area (Å²) in [7, 11) is 1.42. The van der Waals surface area contributed by atoms with Gasteiger partial charge in [0.1, 0.15) is 11.6 Å². The summed E-state index contributed by atoms with van der Waals surface area (Å²) in [6.07, 6.45) is 4.76. The molecule has 5 aromatic rings. The monoisotopic (exact) mass is 733 g/mol. The molecule has 0 saturated carbocycles. The molecule has 7 rings (SSSR count). The number of amides is 1. The van der Waals surface area contributed by atoms with E-state index in [4.69, 9.17) is 9.47 Å². The molecular weight excluding hydrogens is 691 g/mol. The van der Waals surface area contributed by atoms with Gasteiger partial charge < -0.3 is 19.5 Å². The molecule has 11 nitrogen and oxygen atoms in total. The van der Waals surface area contributed by atoms with Gasteiger partial charge in [0, 0.05) is 24.2 Å². The number of ether oxygens (including phenoxy) is 2. The van der Waals surface area contributed by atoms with Crippen LogP contribution < -0.4 is 15.0 Å². The minimum atomic E-state index is -1.11. The molecule has 2 aliphatic heterocycles. The Morgan fingerprint density at radius 3 is 2.55 bits per heavy atom. The van der Waals surface area contributed by atoms with Crippen molar-refractivity contribution in [1.29, 1.82) is 0 Å². The zero-order valence-corrected chi connectivity index (χ0v) is 30.8. The Balaban J connectivity index is 1.02. The number of aromatic nitrogens is 2. The molecular formula is C41H43N5O6S. The third-order valence-electron chi connectivity index (χ3n) is 10.3. The predicted molar refractivity (Wildman–Crippen MR) is 206 cm³/mol. The van der Waals surface area contributed by atoms with Gasteiger partial charge in [-0.05, 0) is 117 Å². The van der Waals surface area contributed by atoms with Crippen LogP contribution in [0.2, 0.25) is 0 Å². The SMILES string of the molecule is COC(=O)CN1CCC(CCCOc2cccc(-c3ccc(N4CCc5cccc(C(=O)Nc6nc7ccccc7s6)c5C4)nc3C(=O)O)c2C)CC1. The lowest BCUT2D eigenvalue weighted by Gasteiger charge is -2.31. The molecule has 2 aromatic heterocycles. The maximum Gasteiger partial charge on any atom is 0.355 e. The molecule has 274 valence electrons. The Bertz CT molecular complexity index is 2110. The van der Waals surface area contributed by atoms with E-state index < -0.39 is 5.97 Å². The van der Waals surface area contributed by atoms with E-state index in [0.29, 0.717) is 60.7 Å². The molecule has 2 N–H and O–H groups in total. The predicted octanol–water partition coefficient (Wildman–Crippen LogP) is 7.22. The number of carbonyl (C=O) groups is 3. The number of likely N-dealkylation sites (tertiary alicyclic amines) is 1. The van der Waals surface area contributed by atoms with Crippen LogP contribution in [-0.4, -0.2) is 77.7 Å². The van der Waals surface area contributed by atoms with Crippen LogP contribution in [0.3, 0.4) is 0 Å². The van der Waals surface area contributed by atoms with Crippen molar-refractivity contribution in [3.63, 3.8) is 0 Å². The average Bonchev–Trinajstić information content (AvgIpc) is 3.59. The second-order valence-corrected chi connectivity index (χ2v) is 14.7. The zero-order chi connectivity index (χ0) is 36.9. The van der Waals surface area contributed by atoms with E-state index in [9.17, 15) is 19.5 Å². The molecule has 3 aromatic carbocycles. The summed E-state index contributed by atoms with van der Waals surface area (Å²) in [5.41, 5.74) is 5.49. The van der Waals surface area contributed by atoms with Gasteiger partial charge in [0.15, 0.2) is 10.8 Å². The third kappa shape index (κ3) is 8.18. The van der Waals surface area contributed by atoms with Crippen molar-refractivity contribution in [3.8, 4) is 16.9 Å². The van der Waals surface area contributed by atoms with Gasteiger partial charge in [-0.25, -0.2) is 14.8 Å². The van der Waals surface area contributed by atoms with Crippen LogP contribution >= 0.6 is 11.3 Å². The molecule has 0 atom stereocenters. The number of thiazole rings is 1. The number of pyridine rings is 1. The number of esters is 1. The van der Waals surface area contributed by atoms with Crippen LogP contribution in [0.4, 0.5) is 10.9 Å². The number of rotatable bonds is 12. The van der Waals surface area contributed by atoms with Gasteiger partial charge >= 0.3 is 11.9 Å². The highest BCUT2D eigenvalue weighted by atomic mass is 32.1. The summed E-state index contributed by atoms with van der Waals surface area (Å²) in [6.45, 7) is 5.71. The van der Waals surface area contributed by atoms with E-state index in [1.807, 2.05) is 84.6 Å². The van der Waals surface area contributed by atoms with Gasteiger partial charge in [-0.1, -0.05) is 47.7 Å². The maximum atomic E-state index is 13.5. The van der Waals surface area contributed by atoms with Gasteiger partial charge in [-0.3, -0.25) is 19.8 Å². The number of anilines is 2. The lowest BCUT2D eigenvalue weighted by Crippen LogP contribution is -2.37. The lowest BCUT2D eigenvalue weighted by molar-refractivity contribution is -0.142. The summed E-state index contributed by atoms with van der Waals surface area (Å²) in [4.78, 5) is 51.2. The number of nitrogens with one attached hydrogen (secondary N) is 1. The molecule has 1 fully saturated rings. The molecule has 12 heteroatoms. The summed E-state index contributed by atoms with van der Waals surface area (Å²) in [5.74, 6) is 0.332. The van der Waals surface area contributed by atoms with Crippen molar-refractivity contribution in [2.75, 3.05) is 50.1 Å². The van der Waals surface area contributed by atoms with Crippen molar-refractivity contribution >= 4 is 50.3 Å². The highest BCUT2D eigenvalue weighted by molar-refractivity contribution is 7.22. The first-order valence-electron chi connectivity index (χ1n) is 18.1. The van der Waals surface area contributed by atoms with Crippen LogP contribution in [0, 0.1) is 12.8 Å². The highest BCUT2D eigenvalue weighted by Gasteiger charge is 2.26. The van der Waals surface area contributed by atoms with Crippen LogP contribution in [0.25, 0.3) is 21.3 Å². The summed E-state index contributed by atoms with van der Waals surface area (Å²) < 4.78 is 12.0. The minimum absolute atomic E-state index is 0.0334. The smallest absolute Gasteiger partial charge is 0.355 e. The van der Waals surface area contributed by atoms with Gasteiger partial charge in [-0.15, -0.1) is 0 Å². The first-order valence-corrected chi connectivity index (χ1v) is 18.9. The molecule has 4 heterocycles. The minimum Gasteiger partial charge on any atom is -0.493 e. The number of piperidine rings is 1. The summed E-state index contributed by atoms with van der Waals surface area (Å²) in [5, 5.41) is 13.9. The lowest BCUT2D eigenvalue weighted by atomic mass is 9.92. The molecule has 1 saturated heterocycles. The largest absolute Gasteiger partial charge is 0.493 e. The molecule has 0 bridgehead atoms. The molecule has 1 amide bonds. The molecule has 2 aliphatic rings. The van der Waals surface area contributed by atoms with E-state index in [-0.39, 0.29) is 17.6 Å². The normalized spacial score (nSPS) is 14.9. The van der Waals surface area contributed by atoms with Crippen LogP contribution in [0.15, 0.2) is 72.8 Å². The van der Waals surface area contributed by atoms with Crippen molar-refractivity contribution in [2.24, 2.45) is 5.92 Å². The summed E-state index contributed by atoms with van der Waals surface area (Å²) in [6, 6.07) is 22.9. The van der Waals surface area contributed by atoms with Crippen LogP contribution in [0.1, 0.15) is 63.2 Å². The van der Waals surface area contributed by atoms with Crippen molar-refractivity contribution < 1.29 is 29.0 Å². The number of nitrogens with zero attached hydrogens (tertiary/aromatic N) is 4. The standard InChI is InChI=1S/C41H43N5O6S/c1-26-29(10-6-13-34(26)52-23-7-8-27-17-20-45(21-18-27)25-37(47)51-2)30-15-16-36(43-38(30)40(49)50)46-22-19-28-9-5-11-31(32(28)24-46)39(48)44-41-42-33-12-3-4-14-35(33)53-41/h3-6,9-16,27H,7-8,17-25H2,1-2H3,(H,49,50)(H,42,44,48). The first-order chi connectivity index (χ1) is 25.8. The molecule has 0 aliphatic carbocycles. The highest BCUT2D eigenvalue weighted by Crippen LogP contribution is 2.35. The van der Waals surface area contributed by atoms with Gasteiger partial charge in [0.05, 0.1) is 30.5 Å². The topological polar surface area (TPSA) is 134 Å². The number of aromatic carboxylic acids is 1. The Kier molecular flexibility index (Phi) is 11.0. The molecule has 0 spiro atoms. The quantitative estimate of drug-likeness (QED) is 0.1000. The van der Waals surface area contributed by atoms with Gasteiger partial charge in [0.25, 0.3) is 5.91 Å². The Labute approximate surface area is 312 Å². The third-order valence-corrected chi connectivity index (χ3v) is 11.3. The van der Waals surface area contributed by atoms with Gasteiger partial charge in [-0.2, -0.15) is 0 Å². The number of para-hydroxylation sites is 1. The Morgan fingerprint density at radius 1 is 0.943 bits per heavy atom. The van der Waals surface area contributed by atoms with E-state index in [0.717, 1.165) is 77.0 Å². The number of hydrogen-bond acceptors (Lipinski definition) is 10. The zero-order valence-electron chi connectivity index (χ0n) is 30.0. The van der Waals surface area contributed by atoms with E-state index in [1.54, 1.807) is 0 Å². The second kappa shape index (κ2) is 16.1. The fourth-order valence-electron chi connectivity index (χ4n) is 7.38. The van der Waals surface area contributed by atoms with Gasteiger partial charge in [0.2, 0.25) is 0 Å². The van der Waals surface area contributed by atoms with E-state index >= 15 is 0 Å². The van der Waals surface area contributed by atoms with Crippen molar-refractivity contribution in [1.82, 2.24) is 14.9 Å². The first kappa shape index (κ1) is 36.0. The number of carbonyl (C=O) groups excluding carboxylic acids is 2. The maximum absolute atomic E-state index is 13.5. The average molecular weight is 734 g/mol. The van der Waals surface area contributed by atoms with E-state index in [1.165, 1.54) is 18.4 Å². The number of benzene rings is 3. The van der Waals surface area contributed by atoms with Crippen molar-refractivity contribution in [3.05, 3.63) is 101 Å². The number of carboxylic acids is 1. The number of carboxylic acid groups (broad SMARTS) is 1. The fourth-order valence-corrected chi connectivity index (χ4v) is 8.24. The summed E-state index contributed by atoms with van der Waals surface area (Å²) >= 11 is 1.43. The van der Waals surface area contributed by atoms with E-state index in [2.05, 4.69) is 20.2 Å². The van der Waals surface area contributed by atoms with Crippen LogP contribution in [-0.2, 0) is 22.5 Å².